The summed E-state index contributed by atoms with van der Waals surface area (Å²) < 4.78 is 34.7. The zero-order chi connectivity index (χ0) is 26.6. The van der Waals surface area contributed by atoms with Crippen molar-refractivity contribution in [3.05, 3.63) is 83.4 Å². The highest BCUT2D eigenvalue weighted by molar-refractivity contribution is 7.98. The van der Waals surface area contributed by atoms with E-state index in [0.717, 1.165) is 54.5 Å². The maximum atomic E-state index is 14.7. The molecule has 0 radical (unpaired) electrons. The second kappa shape index (κ2) is 11.5. The Kier molecular flexibility index (Phi) is 8.59. The molecule has 0 spiro atoms. The highest BCUT2D eigenvalue weighted by atomic mass is 32.2. The molecule has 198 valence electrons. The van der Waals surface area contributed by atoms with Crippen molar-refractivity contribution in [3.8, 4) is 11.5 Å². The van der Waals surface area contributed by atoms with E-state index in [1.165, 1.54) is 17.8 Å². The van der Waals surface area contributed by atoms with E-state index in [0.29, 0.717) is 11.3 Å². The van der Waals surface area contributed by atoms with E-state index in [1.807, 2.05) is 54.8 Å². The topological polar surface area (TPSA) is 63.6 Å². The third kappa shape index (κ3) is 5.42. The fourth-order valence-corrected chi connectivity index (χ4v) is 9.08. The molecule has 4 nitrogen and oxygen atoms in total. The molecule has 3 unspecified atom stereocenters. The number of fused-ring (bicyclic) bond motifs is 1. The molecule has 0 saturated heterocycles. The molecular formula is C31H38O4S2. The molecule has 0 aliphatic carbocycles. The molecule has 37 heavy (non-hydrogen) atoms. The van der Waals surface area contributed by atoms with Gasteiger partial charge in [-0.25, -0.2) is 8.42 Å². The van der Waals surface area contributed by atoms with Gasteiger partial charge in [0.1, 0.15) is 11.5 Å². The van der Waals surface area contributed by atoms with Gasteiger partial charge in [0.05, 0.1) is 17.3 Å². The number of hydrogen-bond donors (Lipinski definition) is 1. The number of aromatic hydroxyl groups is 1. The number of unbranched alkanes of at least 4 members (excludes halogenated alkanes) is 1. The van der Waals surface area contributed by atoms with Crippen LogP contribution in [-0.2, 0) is 16.3 Å². The molecule has 1 heterocycles. The summed E-state index contributed by atoms with van der Waals surface area (Å²) in [6, 6.07) is 21.4. The molecule has 0 bridgehead atoms. The van der Waals surface area contributed by atoms with Crippen molar-refractivity contribution in [2.75, 3.05) is 13.4 Å². The number of rotatable bonds is 9. The van der Waals surface area contributed by atoms with Crippen LogP contribution < -0.4 is 4.74 Å². The average molecular weight is 539 g/mol. The highest BCUT2D eigenvalue weighted by Crippen LogP contribution is 2.54. The van der Waals surface area contributed by atoms with Crippen molar-refractivity contribution < 1.29 is 18.3 Å². The lowest BCUT2D eigenvalue weighted by atomic mass is 9.67. The Morgan fingerprint density at radius 3 is 2.35 bits per heavy atom. The van der Waals surface area contributed by atoms with Gasteiger partial charge in [0, 0.05) is 10.8 Å². The van der Waals surface area contributed by atoms with Gasteiger partial charge < -0.3 is 9.84 Å². The van der Waals surface area contributed by atoms with Crippen LogP contribution in [0.25, 0.3) is 0 Å². The van der Waals surface area contributed by atoms with Crippen molar-refractivity contribution in [3.63, 3.8) is 0 Å². The van der Waals surface area contributed by atoms with E-state index in [2.05, 4.69) is 26.0 Å². The molecule has 1 N–H and O–H groups in total. The molecule has 3 aromatic rings. The Bertz CT molecular complexity index is 1300. The molecule has 3 atom stereocenters. The van der Waals surface area contributed by atoms with E-state index < -0.39 is 20.5 Å². The Labute approximate surface area is 226 Å². The lowest BCUT2D eigenvalue weighted by Gasteiger charge is -2.40. The summed E-state index contributed by atoms with van der Waals surface area (Å²) >= 11 is 1.44. The van der Waals surface area contributed by atoms with Crippen molar-refractivity contribution in [1.29, 1.82) is 0 Å². The van der Waals surface area contributed by atoms with E-state index >= 15 is 0 Å². The largest absolute Gasteiger partial charge is 0.507 e. The minimum absolute atomic E-state index is 0.0300. The molecule has 6 heteroatoms. The monoisotopic (exact) mass is 538 g/mol. The van der Waals surface area contributed by atoms with Gasteiger partial charge in [0.2, 0.25) is 0 Å². The van der Waals surface area contributed by atoms with E-state index in [-0.39, 0.29) is 16.6 Å². The van der Waals surface area contributed by atoms with Gasteiger partial charge in [-0.05, 0) is 78.3 Å². The van der Waals surface area contributed by atoms with Gasteiger partial charge >= 0.3 is 0 Å². The summed E-state index contributed by atoms with van der Waals surface area (Å²) in [6.07, 6.45) is 6.69. The van der Waals surface area contributed by atoms with Gasteiger partial charge in [-0.2, -0.15) is 0 Å². The second-order valence-electron chi connectivity index (χ2n) is 10.1. The first kappa shape index (κ1) is 27.6. The maximum absolute atomic E-state index is 14.7. The minimum Gasteiger partial charge on any atom is -0.507 e. The smallest absolute Gasteiger partial charge is 0.182 e. The number of methoxy groups -OCH3 is 1. The summed E-state index contributed by atoms with van der Waals surface area (Å²) in [5.74, 6) is 0.710. The highest BCUT2D eigenvalue weighted by Gasteiger charge is 2.50. The fourth-order valence-electron chi connectivity index (χ4n) is 6.00. The molecule has 0 amide bonds. The average Bonchev–Trinajstić information content (AvgIpc) is 3.00. The van der Waals surface area contributed by atoms with Crippen molar-refractivity contribution >= 4 is 21.6 Å². The van der Waals surface area contributed by atoms with Crippen LogP contribution in [0.15, 0.2) is 76.5 Å². The Balaban J connectivity index is 1.97. The number of phenols is 1. The number of sulfone groups is 1. The predicted molar refractivity (Wildman–Crippen MR) is 153 cm³/mol. The SMILES string of the molecule is CCCCC1(CC)CC(c2ccccc2)c2cc(SC)c(O)cc2S(=O)(=O)C1Cc1ccc(OC)cc1. The molecular weight excluding hydrogens is 500 g/mol. The van der Waals surface area contributed by atoms with Crippen LogP contribution >= 0.6 is 11.8 Å². The number of thioether (sulfide) groups is 1. The van der Waals surface area contributed by atoms with Crippen molar-refractivity contribution in [2.45, 2.75) is 73.3 Å². The molecule has 1 aliphatic rings. The molecule has 1 aliphatic heterocycles. The number of hydrogen-bond acceptors (Lipinski definition) is 5. The fraction of sp³-hybridized carbons (Fsp3) is 0.419. The maximum Gasteiger partial charge on any atom is 0.182 e. The summed E-state index contributed by atoms with van der Waals surface area (Å²) in [4.78, 5) is 0.987. The summed E-state index contributed by atoms with van der Waals surface area (Å²) in [5.41, 5.74) is 2.49. The van der Waals surface area contributed by atoms with Gasteiger partial charge in [-0.3, -0.25) is 0 Å². The Morgan fingerprint density at radius 1 is 1.05 bits per heavy atom. The normalized spacial score (nSPS) is 22.7. The van der Waals surface area contributed by atoms with E-state index in [4.69, 9.17) is 4.74 Å². The lowest BCUT2D eigenvalue weighted by Crippen LogP contribution is -2.42. The van der Waals surface area contributed by atoms with Gasteiger partial charge in [-0.1, -0.05) is 69.2 Å². The van der Waals surface area contributed by atoms with Gasteiger partial charge in [0.15, 0.2) is 9.84 Å². The second-order valence-corrected chi connectivity index (χ2v) is 13.1. The molecule has 0 fully saturated rings. The molecule has 0 saturated carbocycles. The first-order valence-electron chi connectivity index (χ1n) is 13.1. The number of benzene rings is 3. The zero-order valence-corrected chi connectivity index (χ0v) is 23.9. The third-order valence-corrected chi connectivity index (χ3v) is 11.3. The van der Waals surface area contributed by atoms with Crippen LogP contribution in [-0.4, -0.2) is 32.1 Å². The van der Waals surface area contributed by atoms with Crippen LogP contribution in [0.1, 0.15) is 68.6 Å². The standard InChI is InChI=1S/C31H38O4S2/c1-5-7-17-31(6-2)21-26(23-11-9-8-10-12-23)25-19-28(36-4)27(32)20-29(25)37(33,34)30(31)18-22-13-15-24(35-3)16-14-22/h8-16,19-20,26,30,32H,5-7,17-18,21H2,1-4H3. The van der Waals surface area contributed by atoms with E-state index in [1.54, 1.807) is 7.11 Å². The molecule has 3 aromatic carbocycles. The zero-order valence-electron chi connectivity index (χ0n) is 22.2. The molecule has 0 aromatic heterocycles. The Morgan fingerprint density at radius 2 is 1.76 bits per heavy atom. The van der Waals surface area contributed by atoms with Crippen LogP contribution in [0.5, 0.6) is 11.5 Å². The predicted octanol–water partition coefficient (Wildman–Crippen LogP) is 7.63. The van der Waals surface area contributed by atoms with Crippen molar-refractivity contribution in [1.82, 2.24) is 0 Å². The van der Waals surface area contributed by atoms with Gasteiger partial charge in [0.25, 0.3) is 0 Å². The quantitative estimate of drug-likeness (QED) is 0.284. The van der Waals surface area contributed by atoms with Crippen LogP contribution in [0.2, 0.25) is 0 Å². The molecule has 4 rings (SSSR count). The first-order valence-corrected chi connectivity index (χ1v) is 15.9. The number of phenolic OH excluding ortho intramolecular Hbond substituents is 1. The van der Waals surface area contributed by atoms with E-state index in [9.17, 15) is 13.5 Å². The number of ether oxygens (including phenoxy) is 1. The van der Waals surface area contributed by atoms with Gasteiger partial charge in [-0.15, -0.1) is 11.8 Å². The minimum atomic E-state index is -3.77. The Hall–Kier alpha value is -2.44. The summed E-state index contributed by atoms with van der Waals surface area (Å²) in [6.45, 7) is 4.31. The van der Waals surface area contributed by atoms with Crippen LogP contribution in [0.4, 0.5) is 0 Å². The first-order chi connectivity index (χ1) is 17.8. The van der Waals surface area contributed by atoms with Crippen molar-refractivity contribution in [2.24, 2.45) is 5.41 Å². The van der Waals surface area contributed by atoms with Crippen LogP contribution in [0.3, 0.4) is 0 Å². The third-order valence-electron chi connectivity index (χ3n) is 8.18. The van der Waals surface area contributed by atoms with Crippen LogP contribution in [0, 0.1) is 5.41 Å². The summed E-state index contributed by atoms with van der Waals surface area (Å²) in [7, 11) is -2.14. The summed E-state index contributed by atoms with van der Waals surface area (Å²) in [5, 5.41) is 10.2. The lowest BCUT2D eigenvalue weighted by molar-refractivity contribution is 0.199.